The molecule has 114 valence electrons. The maximum atomic E-state index is 13.7. The summed E-state index contributed by atoms with van der Waals surface area (Å²) >= 11 is 0. The molecule has 1 aliphatic carbocycles. The summed E-state index contributed by atoms with van der Waals surface area (Å²) in [5.41, 5.74) is -0.172. The van der Waals surface area contributed by atoms with E-state index in [0.29, 0.717) is 0 Å². The largest absolute Gasteiger partial charge is 0.478 e. The molecule has 0 unspecified atom stereocenters. The third kappa shape index (κ3) is 3.71. The normalized spacial score (nSPS) is 15.5. The molecule has 21 heavy (non-hydrogen) atoms. The summed E-state index contributed by atoms with van der Waals surface area (Å²) in [5, 5.41) is 11.4. The van der Waals surface area contributed by atoms with Crippen molar-refractivity contribution in [2.45, 2.75) is 38.1 Å². The van der Waals surface area contributed by atoms with Crippen LogP contribution >= 0.6 is 0 Å². The number of rotatable bonds is 3. The van der Waals surface area contributed by atoms with Crippen molar-refractivity contribution < 1.29 is 19.1 Å². The number of carboxylic acids is 1. The number of hydrogen-bond acceptors (Lipinski definition) is 2. The summed E-state index contributed by atoms with van der Waals surface area (Å²) in [4.78, 5) is 24.6. The van der Waals surface area contributed by atoms with Crippen LogP contribution in [0.2, 0.25) is 0 Å². The summed E-state index contributed by atoms with van der Waals surface area (Å²) in [5.74, 6) is -1.81. The number of hydrogen-bond donors (Lipinski definition) is 2. The van der Waals surface area contributed by atoms with Gasteiger partial charge in [-0.2, -0.15) is 0 Å². The van der Waals surface area contributed by atoms with E-state index in [-0.39, 0.29) is 17.3 Å². The van der Waals surface area contributed by atoms with Gasteiger partial charge in [-0.25, -0.2) is 14.0 Å². The van der Waals surface area contributed by atoms with Gasteiger partial charge >= 0.3 is 12.0 Å². The van der Waals surface area contributed by atoms with Crippen molar-refractivity contribution in [2.24, 2.45) is 0 Å². The molecule has 1 aliphatic rings. The Kier molecular flexibility index (Phi) is 4.77. The molecule has 2 N–H and O–H groups in total. The highest BCUT2D eigenvalue weighted by Gasteiger charge is 2.22. The number of nitrogens with one attached hydrogen (secondary N) is 1. The molecule has 1 aromatic carbocycles. The average molecular weight is 294 g/mol. The monoisotopic (exact) mass is 294 g/mol. The Bertz CT molecular complexity index is 542. The highest BCUT2D eigenvalue weighted by atomic mass is 19.1. The number of halogens is 1. The fraction of sp³-hybridized carbons (Fsp3) is 0.467. The number of nitrogens with zero attached hydrogens (tertiary/aromatic N) is 1. The van der Waals surface area contributed by atoms with Gasteiger partial charge in [-0.1, -0.05) is 19.3 Å². The topological polar surface area (TPSA) is 69.6 Å². The number of benzene rings is 1. The molecule has 0 saturated heterocycles. The summed E-state index contributed by atoms with van der Waals surface area (Å²) in [6.45, 7) is 0. The number of aromatic carboxylic acids is 1. The maximum absolute atomic E-state index is 13.7. The van der Waals surface area contributed by atoms with Gasteiger partial charge < -0.3 is 15.3 Å². The number of carbonyl (C=O) groups excluding carboxylic acids is 1. The number of urea groups is 1. The molecule has 0 bridgehead atoms. The first-order valence-electron chi connectivity index (χ1n) is 7.05. The van der Waals surface area contributed by atoms with Crippen LogP contribution in [0.25, 0.3) is 0 Å². The van der Waals surface area contributed by atoms with Gasteiger partial charge in [-0.15, -0.1) is 0 Å². The molecule has 0 aromatic heterocycles. The third-order valence-electron chi connectivity index (χ3n) is 3.90. The maximum Gasteiger partial charge on any atom is 0.335 e. The van der Waals surface area contributed by atoms with Crippen LogP contribution in [0.4, 0.5) is 14.9 Å². The Morgan fingerprint density at radius 3 is 2.57 bits per heavy atom. The zero-order valence-corrected chi connectivity index (χ0v) is 11.9. The lowest BCUT2D eigenvalue weighted by Crippen LogP contribution is -2.41. The van der Waals surface area contributed by atoms with E-state index >= 15 is 0 Å². The van der Waals surface area contributed by atoms with E-state index in [4.69, 9.17) is 5.11 Å². The zero-order chi connectivity index (χ0) is 15.4. The highest BCUT2D eigenvalue weighted by Crippen LogP contribution is 2.23. The fourth-order valence-electron chi connectivity index (χ4n) is 2.59. The molecule has 0 radical (unpaired) electrons. The van der Waals surface area contributed by atoms with Crippen LogP contribution in [0.15, 0.2) is 18.2 Å². The van der Waals surface area contributed by atoms with Crippen LogP contribution in [0.5, 0.6) is 0 Å². The van der Waals surface area contributed by atoms with Crippen molar-refractivity contribution in [2.75, 3.05) is 12.4 Å². The molecule has 0 atom stereocenters. The van der Waals surface area contributed by atoms with Gasteiger partial charge in [0.15, 0.2) is 0 Å². The predicted octanol–water partition coefficient (Wildman–Crippen LogP) is 3.32. The molecule has 1 aromatic rings. The summed E-state index contributed by atoms with van der Waals surface area (Å²) in [6.07, 6.45) is 5.25. The van der Waals surface area contributed by atoms with Crippen LogP contribution in [0.3, 0.4) is 0 Å². The van der Waals surface area contributed by atoms with Gasteiger partial charge in [0, 0.05) is 13.1 Å². The van der Waals surface area contributed by atoms with E-state index < -0.39 is 17.8 Å². The standard InChI is InChI=1S/C15H19FN2O3/c1-18(11-5-3-2-4-6-11)15(21)17-13-9-10(14(19)20)7-8-12(13)16/h7-9,11H,2-6H2,1H3,(H,17,21)(H,19,20). The third-order valence-corrected chi connectivity index (χ3v) is 3.90. The van der Waals surface area contributed by atoms with Crippen LogP contribution in [0, 0.1) is 5.82 Å². The molecule has 0 aliphatic heterocycles. The van der Waals surface area contributed by atoms with Gasteiger partial charge in [-0.3, -0.25) is 0 Å². The lowest BCUT2D eigenvalue weighted by Gasteiger charge is -2.31. The minimum absolute atomic E-state index is 0.0629. The van der Waals surface area contributed by atoms with Crippen molar-refractivity contribution >= 4 is 17.7 Å². The minimum Gasteiger partial charge on any atom is -0.478 e. The molecule has 1 fully saturated rings. The number of carboxylic acid groups (broad SMARTS) is 1. The Hall–Kier alpha value is -2.11. The molecule has 5 nitrogen and oxygen atoms in total. The molecule has 2 amide bonds. The van der Waals surface area contributed by atoms with E-state index in [2.05, 4.69) is 5.32 Å². The Morgan fingerprint density at radius 1 is 1.29 bits per heavy atom. The van der Waals surface area contributed by atoms with Gasteiger partial charge in [0.05, 0.1) is 11.3 Å². The molecule has 6 heteroatoms. The van der Waals surface area contributed by atoms with Gasteiger partial charge in [0.2, 0.25) is 0 Å². The molecular weight excluding hydrogens is 275 g/mol. The first-order chi connectivity index (χ1) is 9.99. The highest BCUT2D eigenvalue weighted by molar-refractivity contribution is 5.93. The molecule has 0 heterocycles. The first kappa shape index (κ1) is 15.3. The van der Waals surface area contributed by atoms with Crippen molar-refractivity contribution in [1.29, 1.82) is 0 Å². The van der Waals surface area contributed by atoms with E-state index in [9.17, 15) is 14.0 Å². The Morgan fingerprint density at radius 2 is 1.95 bits per heavy atom. The lowest BCUT2D eigenvalue weighted by molar-refractivity contribution is 0.0697. The van der Waals surface area contributed by atoms with E-state index in [1.807, 2.05) is 0 Å². The molecular formula is C15H19FN2O3. The van der Waals surface area contributed by atoms with Crippen LogP contribution in [-0.4, -0.2) is 35.1 Å². The van der Waals surface area contributed by atoms with Gasteiger partial charge in [-0.05, 0) is 31.0 Å². The van der Waals surface area contributed by atoms with Crippen molar-refractivity contribution in [3.05, 3.63) is 29.6 Å². The van der Waals surface area contributed by atoms with Crippen molar-refractivity contribution in [3.63, 3.8) is 0 Å². The van der Waals surface area contributed by atoms with Crippen LogP contribution < -0.4 is 5.32 Å². The zero-order valence-electron chi connectivity index (χ0n) is 11.9. The Balaban J connectivity index is 2.07. The number of amides is 2. The summed E-state index contributed by atoms with van der Waals surface area (Å²) in [7, 11) is 1.68. The SMILES string of the molecule is CN(C(=O)Nc1cc(C(=O)O)ccc1F)C1CCCCC1. The quantitative estimate of drug-likeness (QED) is 0.898. The van der Waals surface area contributed by atoms with E-state index in [1.54, 1.807) is 11.9 Å². The molecule has 1 saturated carbocycles. The lowest BCUT2D eigenvalue weighted by atomic mass is 9.95. The predicted molar refractivity (Wildman–Crippen MR) is 77.0 cm³/mol. The van der Waals surface area contributed by atoms with Crippen molar-refractivity contribution in [3.8, 4) is 0 Å². The van der Waals surface area contributed by atoms with E-state index in [1.165, 1.54) is 6.42 Å². The summed E-state index contributed by atoms with van der Waals surface area (Å²) < 4.78 is 13.7. The van der Waals surface area contributed by atoms with Gasteiger partial charge in [0.1, 0.15) is 5.82 Å². The first-order valence-corrected chi connectivity index (χ1v) is 7.05. The number of carbonyl (C=O) groups is 2. The minimum atomic E-state index is -1.16. The second-order valence-electron chi connectivity index (χ2n) is 5.33. The van der Waals surface area contributed by atoms with Crippen LogP contribution in [0.1, 0.15) is 42.5 Å². The van der Waals surface area contributed by atoms with E-state index in [0.717, 1.165) is 43.9 Å². The van der Waals surface area contributed by atoms with Crippen LogP contribution in [-0.2, 0) is 0 Å². The second kappa shape index (κ2) is 6.56. The van der Waals surface area contributed by atoms with Crippen molar-refractivity contribution in [1.82, 2.24) is 4.90 Å². The van der Waals surface area contributed by atoms with Gasteiger partial charge in [0.25, 0.3) is 0 Å². The molecule has 2 rings (SSSR count). The number of anilines is 1. The average Bonchev–Trinajstić information content (AvgIpc) is 2.49. The Labute approximate surface area is 122 Å². The molecule has 0 spiro atoms. The summed E-state index contributed by atoms with van der Waals surface area (Å²) in [6, 6.07) is 3.08. The smallest absolute Gasteiger partial charge is 0.335 e. The second-order valence-corrected chi connectivity index (χ2v) is 5.33. The fourth-order valence-corrected chi connectivity index (χ4v) is 2.59.